The summed E-state index contributed by atoms with van der Waals surface area (Å²) in [6.45, 7) is 2.80. The zero-order valence-corrected chi connectivity index (χ0v) is 16.6. The van der Waals surface area contributed by atoms with Gasteiger partial charge in [-0.1, -0.05) is 43.3 Å². The van der Waals surface area contributed by atoms with Crippen molar-refractivity contribution in [3.63, 3.8) is 0 Å². The van der Waals surface area contributed by atoms with E-state index in [1.165, 1.54) is 10.4 Å². The van der Waals surface area contributed by atoms with Crippen molar-refractivity contribution in [1.29, 1.82) is 0 Å². The summed E-state index contributed by atoms with van der Waals surface area (Å²) in [7, 11) is 0. The molecule has 5 heteroatoms. The molecule has 142 valence electrons. The smallest absolute Gasteiger partial charge is 0.217 e. The minimum atomic E-state index is -0.301. The van der Waals surface area contributed by atoms with Gasteiger partial charge in [-0.3, -0.25) is 0 Å². The van der Waals surface area contributed by atoms with Crippen molar-refractivity contribution in [3.8, 4) is 11.5 Å². The van der Waals surface area contributed by atoms with Gasteiger partial charge < -0.3 is 9.47 Å². The lowest BCUT2D eigenvalue weighted by Crippen LogP contribution is -2.34. The molecular weight excluding hydrogens is 368 g/mol. The van der Waals surface area contributed by atoms with Crippen LogP contribution in [0.2, 0.25) is 0 Å². The molecule has 5 rings (SSSR count). The lowest BCUT2D eigenvalue weighted by atomic mass is 9.97. The first kappa shape index (κ1) is 17.3. The van der Waals surface area contributed by atoms with Crippen molar-refractivity contribution >= 4 is 17.0 Å². The zero-order valence-electron chi connectivity index (χ0n) is 15.7. The van der Waals surface area contributed by atoms with Crippen molar-refractivity contribution in [3.05, 3.63) is 82.0 Å². The summed E-state index contributed by atoms with van der Waals surface area (Å²) in [5.74, 6) is 1.80. The maximum Gasteiger partial charge on any atom is 0.217 e. The van der Waals surface area contributed by atoms with Gasteiger partial charge in [0.15, 0.2) is 0 Å². The fourth-order valence-corrected chi connectivity index (χ4v) is 4.58. The number of ether oxygens (including phenoxy) is 2. The van der Waals surface area contributed by atoms with Crippen LogP contribution in [0.5, 0.6) is 11.5 Å². The van der Waals surface area contributed by atoms with Crippen LogP contribution in [0.15, 0.2) is 71.1 Å². The van der Waals surface area contributed by atoms with Gasteiger partial charge in [0, 0.05) is 12.0 Å². The Kier molecular flexibility index (Phi) is 4.53. The number of nitrogens with zero attached hydrogens (tertiary/aromatic N) is 2. The van der Waals surface area contributed by atoms with Crippen LogP contribution in [-0.2, 0) is 0 Å². The predicted molar refractivity (Wildman–Crippen MR) is 112 cm³/mol. The molecule has 0 spiro atoms. The molecule has 2 atom stereocenters. The molecule has 2 aliphatic rings. The van der Waals surface area contributed by atoms with Crippen molar-refractivity contribution in [2.75, 3.05) is 6.61 Å². The fraction of sp³-hybridized carbons (Fsp3) is 0.261. The molecule has 0 bridgehead atoms. The SMILES string of the molecule is CCCOc1ccccc1[C@@H]1Oc2ccccc2[C@H]2CC(c3cccs3)=NN21. The monoisotopic (exact) mass is 390 g/mol. The Morgan fingerprint density at radius 2 is 1.89 bits per heavy atom. The largest absolute Gasteiger partial charge is 0.493 e. The van der Waals surface area contributed by atoms with Gasteiger partial charge in [-0.2, -0.15) is 5.10 Å². The summed E-state index contributed by atoms with van der Waals surface area (Å²) < 4.78 is 12.5. The fourth-order valence-electron chi connectivity index (χ4n) is 3.86. The molecule has 0 saturated heterocycles. The van der Waals surface area contributed by atoms with Crippen LogP contribution in [0.3, 0.4) is 0 Å². The molecule has 3 aromatic rings. The van der Waals surface area contributed by atoms with Crippen LogP contribution in [0.25, 0.3) is 0 Å². The Balaban J connectivity index is 1.58. The van der Waals surface area contributed by atoms with Crippen molar-refractivity contribution in [2.24, 2.45) is 5.10 Å². The molecule has 0 saturated carbocycles. The average molecular weight is 391 g/mol. The van der Waals surface area contributed by atoms with Crippen LogP contribution < -0.4 is 9.47 Å². The van der Waals surface area contributed by atoms with Gasteiger partial charge in [0.25, 0.3) is 0 Å². The standard InChI is InChI=1S/C23H22N2O2S/c1-2-13-26-20-10-5-4-9-17(20)23-25-19(16-8-3-6-11-21(16)27-23)15-18(24-25)22-12-7-14-28-22/h3-12,14,19,23H,2,13,15H2,1H3/t19-,23+/m1/s1. The Hall–Kier alpha value is -2.79. The Bertz CT molecular complexity index is 999. The maximum absolute atomic E-state index is 6.46. The number of rotatable bonds is 5. The second-order valence-corrected chi connectivity index (χ2v) is 7.97. The Morgan fingerprint density at radius 3 is 2.71 bits per heavy atom. The van der Waals surface area contributed by atoms with Gasteiger partial charge in [0.1, 0.15) is 11.5 Å². The highest BCUT2D eigenvalue weighted by molar-refractivity contribution is 7.12. The number of fused-ring (bicyclic) bond motifs is 3. The first-order valence-corrected chi connectivity index (χ1v) is 10.6. The van der Waals surface area contributed by atoms with Crippen LogP contribution in [0, 0.1) is 0 Å². The van der Waals surface area contributed by atoms with Crippen molar-refractivity contribution in [1.82, 2.24) is 5.01 Å². The molecule has 0 aliphatic carbocycles. The number of hydrazone groups is 1. The lowest BCUT2D eigenvalue weighted by Gasteiger charge is -2.38. The number of para-hydroxylation sites is 2. The third-order valence-electron chi connectivity index (χ3n) is 5.15. The molecular formula is C23H22N2O2S. The summed E-state index contributed by atoms with van der Waals surface area (Å²) in [5, 5.41) is 9.23. The predicted octanol–water partition coefficient (Wildman–Crippen LogP) is 5.78. The van der Waals surface area contributed by atoms with Crippen LogP contribution in [-0.4, -0.2) is 17.3 Å². The van der Waals surface area contributed by atoms with Crippen molar-refractivity contribution < 1.29 is 9.47 Å². The quantitative estimate of drug-likeness (QED) is 0.554. The van der Waals surface area contributed by atoms with Gasteiger partial charge in [0.05, 0.1) is 28.8 Å². The van der Waals surface area contributed by atoms with E-state index in [9.17, 15) is 0 Å². The molecule has 0 fully saturated rings. The topological polar surface area (TPSA) is 34.1 Å². The summed E-state index contributed by atoms with van der Waals surface area (Å²) in [6.07, 6.45) is 1.55. The van der Waals surface area contributed by atoms with Crippen molar-refractivity contribution in [2.45, 2.75) is 32.0 Å². The third kappa shape index (κ3) is 2.96. The second kappa shape index (κ2) is 7.32. The molecule has 0 radical (unpaired) electrons. The molecule has 4 nitrogen and oxygen atoms in total. The normalized spacial score (nSPS) is 20.2. The van der Waals surface area contributed by atoms with E-state index in [1.807, 2.05) is 24.3 Å². The molecule has 2 aromatic carbocycles. The van der Waals surface area contributed by atoms with Crippen LogP contribution in [0.1, 0.15) is 48.0 Å². The van der Waals surface area contributed by atoms with E-state index in [4.69, 9.17) is 14.6 Å². The number of hydrogen-bond acceptors (Lipinski definition) is 5. The molecule has 0 unspecified atom stereocenters. The molecule has 2 aliphatic heterocycles. The first-order chi connectivity index (χ1) is 13.8. The molecule has 1 aromatic heterocycles. The molecule has 28 heavy (non-hydrogen) atoms. The average Bonchev–Trinajstić information content (AvgIpc) is 3.42. The maximum atomic E-state index is 6.46. The van der Waals surface area contributed by atoms with E-state index >= 15 is 0 Å². The lowest BCUT2D eigenvalue weighted by molar-refractivity contribution is -0.0206. The van der Waals surface area contributed by atoms with E-state index < -0.39 is 0 Å². The summed E-state index contributed by atoms with van der Waals surface area (Å²) in [4.78, 5) is 1.22. The Morgan fingerprint density at radius 1 is 1.07 bits per heavy atom. The number of thiophene rings is 1. The van der Waals surface area contributed by atoms with E-state index in [-0.39, 0.29) is 12.3 Å². The van der Waals surface area contributed by atoms with E-state index in [0.29, 0.717) is 6.61 Å². The van der Waals surface area contributed by atoms with E-state index in [2.05, 4.69) is 53.7 Å². The highest BCUT2D eigenvalue weighted by Crippen LogP contribution is 2.48. The highest BCUT2D eigenvalue weighted by atomic mass is 32.1. The summed E-state index contributed by atoms with van der Waals surface area (Å²) >= 11 is 1.74. The van der Waals surface area contributed by atoms with Gasteiger partial charge in [-0.15, -0.1) is 11.3 Å². The van der Waals surface area contributed by atoms with Crippen LogP contribution >= 0.6 is 11.3 Å². The van der Waals surface area contributed by atoms with E-state index in [0.717, 1.165) is 35.6 Å². The van der Waals surface area contributed by atoms with Gasteiger partial charge in [-0.25, -0.2) is 5.01 Å². The first-order valence-electron chi connectivity index (χ1n) is 9.72. The summed E-state index contributed by atoms with van der Waals surface area (Å²) in [5.41, 5.74) is 3.34. The molecule has 0 N–H and O–H groups in total. The minimum Gasteiger partial charge on any atom is -0.493 e. The highest BCUT2D eigenvalue weighted by Gasteiger charge is 2.41. The number of hydrogen-bond donors (Lipinski definition) is 0. The molecule has 3 heterocycles. The van der Waals surface area contributed by atoms with Gasteiger partial charge in [-0.05, 0) is 36.1 Å². The van der Waals surface area contributed by atoms with E-state index in [1.54, 1.807) is 11.3 Å². The van der Waals surface area contributed by atoms with Gasteiger partial charge in [0.2, 0.25) is 6.23 Å². The second-order valence-electron chi connectivity index (χ2n) is 7.02. The Labute approximate surface area is 169 Å². The number of benzene rings is 2. The zero-order chi connectivity index (χ0) is 18.9. The van der Waals surface area contributed by atoms with Crippen LogP contribution in [0.4, 0.5) is 0 Å². The third-order valence-corrected chi connectivity index (χ3v) is 6.07. The summed E-state index contributed by atoms with van der Waals surface area (Å²) in [6, 6.07) is 20.8. The molecule has 0 amide bonds. The van der Waals surface area contributed by atoms with Gasteiger partial charge >= 0.3 is 0 Å². The minimum absolute atomic E-state index is 0.172.